The second kappa shape index (κ2) is 7.61. The van der Waals surface area contributed by atoms with E-state index in [-0.39, 0.29) is 25.7 Å². The minimum absolute atomic E-state index is 0.0528. The number of carbonyl (C=O) groups excluding carboxylic acids is 1. The third-order valence-electron chi connectivity index (χ3n) is 3.44. The van der Waals surface area contributed by atoms with Gasteiger partial charge in [0.25, 0.3) is 0 Å². The topological polar surface area (TPSA) is 76.1 Å². The number of likely N-dealkylation sites (tertiary alicyclic amines) is 1. The van der Waals surface area contributed by atoms with Crippen LogP contribution in [0.2, 0.25) is 0 Å². The fourth-order valence-corrected chi connectivity index (χ4v) is 2.36. The quantitative estimate of drug-likeness (QED) is 0.814. The summed E-state index contributed by atoms with van der Waals surface area (Å²) in [7, 11) is 0. The first-order chi connectivity index (χ1) is 10.6. The number of aliphatic carboxylic acids is 1. The van der Waals surface area contributed by atoms with Crippen molar-refractivity contribution < 1.29 is 24.2 Å². The van der Waals surface area contributed by atoms with Crippen molar-refractivity contribution in [3.63, 3.8) is 0 Å². The van der Waals surface area contributed by atoms with Gasteiger partial charge in [0.15, 0.2) is 0 Å². The van der Waals surface area contributed by atoms with E-state index in [2.05, 4.69) is 6.58 Å². The van der Waals surface area contributed by atoms with E-state index >= 15 is 0 Å². The molecule has 2 rings (SSSR count). The molecule has 0 saturated carbocycles. The van der Waals surface area contributed by atoms with Crippen LogP contribution < -0.4 is 0 Å². The maximum atomic E-state index is 11.9. The summed E-state index contributed by atoms with van der Waals surface area (Å²) in [5.74, 6) is -1.05. The van der Waals surface area contributed by atoms with Gasteiger partial charge in [0.1, 0.15) is 12.6 Å². The molecule has 1 heterocycles. The van der Waals surface area contributed by atoms with Gasteiger partial charge in [-0.2, -0.15) is 0 Å². The van der Waals surface area contributed by atoms with Gasteiger partial charge in [-0.05, 0) is 5.56 Å². The zero-order valence-corrected chi connectivity index (χ0v) is 12.2. The SMILES string of the molecule is C=CCOC(=O)N1CC(OCc2ccccc2)CC1C(=O)O. The molecule has 22 heavy (non-hydrogen) atoms. The van der Waals surface area contributed by atoms with Gasteiger partial charge in [-0.15, -0.1) is 0 Å². The molecule has 0 bridgehead atoms. The number of ether oxygens (including phenoxy) is 2. The van der Waals surface area contributed by atoms with Crippen molar-refractivity contribution in [3.8, 4) is 0 Å². The number of carbonyl (C=O) groups is 2. The second-order valence-corrected chi connectivity index (χ2v) is 5.03. The van der Waals surface area contributed by atoms with Crippen molar-refractivity contribution in [1.82, 2.24) is 4.90 Å². The molecule has 6 nitrogen and oxygen atoms in total. The molecule has 1 aliphatic heterocycles. The third-order valence-corrected chi connectivity index (χ3v) is 3.44. The monoisotopic (exact) mass is 305 g/mol. The Labute approximate surface area is 128 Å². The van der Waals surface area contributed by atoms with Crippen LogP contribution in [0.25, 0.3) is 0 Å². The third kappa shape index (κ3) is 4.08. The summed E-state index contributed by atoms with van der Waals surface area (Å²) in [4.78, 5) is 24.4. The zero-order chi connectivity index (χ0) is 15.9. The van der Waals surface area contributed by atoms with Gasteiger partial charge in [-0.25, -0.2) is 9.59 Å². The van der Waals surface area contributed by atoms with Gasteiger partial charge in [0.2, 0.25) is 0 Å². The maximum Gasteiger partial charge on any atom is 0.410 e. The number of rotatable bonds is 6. The van der Waals surface area contributed by atoms with Gasteiger partial charge in [-0.1, -0.05) is 43.0 Å². The molecular weight excluding hydrogens is 286 g/mol. The molecule has 1 N–H and O–H groups in total. The van der Waals surface area contributed by atoms with E-state index in [0.29, 0.717) is 6.61 Å². The molecule has 0 radical (unpaired) electrons. The number of carboxylic acid groups (broad SMARTS) is 1. The molecule has 1 saturated heterocycles. The van der Waals surface area contributed by atoms with Gasteiger partial charge < -0.3 is 14.6 Å². The Morgan fingerprint density at radius 1 is 1.36 bits per heavy atom. The normalized spacial score (nSPS) is 20.6. The lowest BCUT2D eigenvalue weighted by molar-refractivity contribution is -0.141. The Bertz CT molecular complexity index is 531. The van der Waals surface area contributed by atoms with E-state index in [1.54, 1.807) is 0 Å². The van der Waals surface area contributed by atoms with Crippen LogP contribution in [0.1, 0.15) is 12.0 Å². The molecule has 0 aliphatic carbocycles. The molecule has 0 aromatic heterocycles. The average molecular weight is 305 g/mol. The van der Waals surface area contributed by atoms with Crippen LogP contribution in [-0.4, -0.2) is 47.4 Å². The number of carboxylic acids is 1. The summed E-state index contributed by atoms with van der Waals surface area (Å²) in [6, 6.07) is 8.67. The molecule has 1 aromatic rings. The number of amides is 1. The van der Waals surface area contributed by atoms with E-state index in [9.17, 15) is 14.7 Å². The van der Waals surface area contributed by atoms with Crippen molar-refractivity contribution in [2.24, 2.45) is 0 Å². The van der Waals surface area contributed by atoms with Crippen molar-refractivity contribution in [2.75, 3.05) is 13.2 Å². The number of nitrogens with zero attached hydrogens (tertiary/aromatic N) is 1. The van der Waals surface area contributed by atoms with E-state index in [1.165, 1.54) is 11.0 Å². The van der Waals surface area contributed by atoms with Gasteiger partial charge in [-0.3, -0.25) is 4.90 Å². The lowest BCUT2D eigenvalue weighted by Gasteiger charge is -2.20. The fraction of sp³-hybridized carbons (Fsp3) is 0.375. The number of hydrogen-bond donors (Lipinski definition) is 1. The van der Waals surface area contributed by atoms with Crippen molar-refractivity contribution >= 4 is 12.1 Å². The predicted molar refractivity (Wildman–Crippen MR) is 79.3 cm³/mol. The van der Waals surface area contributed by atoms with Crippen LogP contribution in [-0.2, 0) is 20.9 Å². The smallest absolute Gasteiger partial charge is 0.410 e. The highest BCUT2D eigenvalue weighted by atomic mass is 16.6. The lowest BCUT2D eigenvalue weighted by Crippen LogP contribution is -2.41. The van der Waals surface area contributed by atoms with Crippen LogP contribution in [0.15, 0.2) is 43.0 Å². The highest BCUT2D eigenvalue weighted by Gasteiger charge is 2.41. The summed E-state index contributed by atoms with van der Waals surface area (Å²) >= 11 is 0. The molecule has 1 aromatic carbocycles. The molecule has 1 aliphatic rings. The van der Waals surface area contributed by atoms with Crippen LogP contribution in [0, 0.1) is 0 Å². The second-order valence-electron chi connectivity index (χ2n) is 5.03. The molecule has 118 valence electrons. The van der Waals surface area contributed by atoms with Crippen molar-refractivity contribution in [1.29, 1.82) is 0 Å². The molecule has 2 atom stereocenters. The molecule has 1 fully saturated rings. The fourth-order valence-electron chi connectivity index (χ4n) is 2.36. The van der Waals surface area contributed by atoms with E-state index in [0.717, 1.165) is 5.56 Å². The largest absolute Gasteiger partial charge is 0.480 e. The van der Waals surface area contributed by atoms with E-state index in [4.69, 9.17) is 9.47 Å². The molecule has 1 amide bonds. The Kier molecular flexibility index (Phi) is 5.55. The molecule has 0 spiro atoms. The predicted octanol–water partition coefficient (Wildman–Crippen LogP) is 2.05. The van der Waals surface area contributed by atoms with Crippen molar-refractivity contribution in [2.45, 2.75) is 25.2 Å². The molecule has 6 heteroatoms. The van der Waals surface area contributed by atoms with E-state index in [1.807, 2.05) is 30.3 Å². The van der Waals surface area contributed by atoms with Gasteiger partial charge in [0, 0.05) is 6.42 Å². The van der Waals surface area contributed by atoms with Crippen LogP contribution >= 0.6 is 0 Å². The summed E-state index contributed by atoms with van der Waals surface area (Å²) < 4.78 is 10.6. The summed E-state index contributed by atoms with van der Waals surface area (Å²) in [6.45, 7) is 4.10. The van der Waals surface area contributed by atoms with Gasteiger partial charge >= 0.3 is 12.1 Å². The van der Waals surface area contributed by atoms with E-state index < -0.39 is 18.1 Å². The average Bonchev–Trinajstić information content (AvgIpc) is 2.96. The zero-order valence-electron chi connectivity index (χ0n) is 12.2. The summed E-state index contributed by atoms with van der Waals surface area (Å²) in [5.41, 5.74) is 1.00. The van der Waals surface area contributed by atoms with Crippen LogP contribution in [0.4, 0.5) is 4.79 Å². The Hall–Kier alpha value is -2.34. The Balaban J connectivity index is 1.93. The van der Waals surface area contributed by atoms with Crippen molar-refractivity contribution in [3.05, 3.63) is 48.6 Å². The Morgan fingerprint density at radius 3 is 2.73 bits per heavy atom. The van der Waals surface area contributed by atoms with Crippen LogP contribution in [0.5, 0.6) is 0 Å². The molecular formula is C16H19NO5. The highest BCUT2D eigenvalue weighted by Crippen LogP contribution is 2.22. The van der Waals surface area contributed by atoms with Crippen LogP contribution in [0.3, 0.4) is 0 Å². The number of hydrogen-bond acceptors (Lipinski definition) is 4. The highest BCUT2D eigenvalue weighted by molar-refractivity contribution is 5.80. The standard InChI is InChI=1S/C16H19NO5/c1-2-8-21-16(20)17-10-13(9-14(17)15(18)19)22-11-12-6-4-3-5-7-12/h2-7,13-14H,1,8-11H2,(H,18,19). The van der Waals surface area contributed by atoms with Gasteiger partial charge in [0.05, 0.1) is 19.3 Å². The maximum absolute atomic E-state index is 11.9. The molecule has 2 unspecified atom stereocenters. The lowest BCUT2D eigenvalue weighted by atomic mass is 10.2. The minimum atomic E-state index is -1.05. The first-order valence-corrected chi connectivity index (χ1v) is 7.04. The summed E-state index contributed by atoms with van der Waals surface area (Å²) in [5, 5.41) is 9.24. The minimum Gasteiger partial charge on any atom is -0.480 e. The number of benzene rings is 1. The summed E-state index contributed by atoms with van der Waals surface area (Å²) in [6.07, 6.45) is 0.717. The first kappa shape index (κ1) is 16.0. The Morgan fingerprint density at radius 2 is 2.09 bits per heavy atom. The first-order valence-electron chi connectivity index (χ1n) is 7.04.